The number of benzene rings is 1. The highest BCUT2D eigenvalue weighted by molar-refractivity contribution is 5.17. The van der Waals surface area contributed by atoms with Crippen LogP contribution in [0.5, 0.6) is 0 Å². The van der Waals surface area contributed by atoms with Crippen LogP contribution in [0.2, 0.25) is 0 Å². The van der Waals surface area contributed by atoms with E-state index >= 15 is 0 Å². The molecule has 1 aromatic carbocycles. The summed E-state index contributed by atoms with van der Waals surface area (Å²) in [6.45, 7) is 11.9. The van der Waals surface area contributed by atoms with Crippen LogP contribution in [-0.4, -0.2) is 24.6 Å². The normalized spacial score (nSPS) is 12.4. The van der Waals surface area contributed by atoms with Gasteiger partial charge in [-0.25, -0.2) is 0 Å². The Hall–Kier alpha value is -1.05. The Morgan fingerprint density at radius 3 is 2.00 bits per heavy atom. The van der Waals surface area contributed by atoms with Crippen molar-refractivity contribution >= 4 is 0 Å². The first-order chi connectivity index (χ1) is 7.64. The van der Waals surface area contributed by atoms with E-state index in [0.29, 0.717) is 6.04 Å². The molecule has 0 N–H and O–H groups in total. The first-order valence-corrected chi connectivity index (χ1v) is 5.75. The van der Waals surface area contributed by atoms with Crippen molar-refractivity contribution in [2.75, 3.05) is 20.1 Å². The summed E-state index contributed by atoms with van der Waals surface area (Å²) in [4.78, 5) is 0. The lowest BCUT2D eigenvalue weighted by molar-refractivity contribution is -0.926. The molecule has 0 saturated carbocycles. The molecule has 1 nitrogen and oxygen atoms in total. The maximum atomic E-state index is 3.85. The van der Waals surface area contributed by atoms with Gasteiger partial charge in [-0.05, 0) is 19.1 Å². The smallest absolute Gasteiger partial charge is 0.112 e. The molecular formula is C15H22ClN. The average Bonchev–Trinajstić information content (AvgIpc) is 2.30. The first kappa shape index (κ1) is 16.0. The molecule has 0 fully saturated rings. The molecule has 0 aromatic heterocycles. The number of nitrogens with zero attached hydrogens (tertiary/aromatic N) is 1. The lowest BCUT2D eigenvalue weighted by atomic mass is 10.0. The van der Waals surface area contributed by atoms with E-state index in [1.165, 1.54) is 5.56 Å². The van der Waals surface area contributed by atoms with E-state index in [2.05, 4.69) is 57.5 Å². The van der Waals surface area contributed by atoms with Gasteiger partial charge in [0.2, 0.25) is 0 Å². The lowest BCUT2D eigenvalue weighted by Crippen LogP contribution is -3.00. The van der Waals surface area contributed by atoms with Crippen molar-refractivity contribution in [1.29, 1.82) is 0 Å². The minimum absolute atomic E-state index is 0. The quantitative estimate of drug-likeness (QED) is 0.512. The monoisotopic (exact) mass is 251 g/mol. The van der Waals surface area contributed by atoms with Crippen LogP contribution in [0.25, 0.3) is 0 Å². The summed E-state index contributed by atoms with van der Waals surface area (Å²) < 4.78 is 0.928. The standard InChI is InChI=1S/C15H22N.ClH/c1-5-12-16(4,13-6-2)14(3)15-10-8-7-9-11-15;/h5-11,14H,1-2,12-13H2,3-4H3;1H/q+1;/p-1. The highest BCUT2D eigenvalue weighted by Crippen LogP contribution is 2.26. The molecule has 0 radical (unpaired) electrons. The zero-order chi connectivity index (χ0) is 12.0. The number of quaternary nitrogens is 1. The lowest BCUT2D eigenvalue weighted by Gasteiger charge is -2.38. The van der Waals surface area contributed by atoms with Crippen LogP contribution in [0, 0.1) is 0 Å². The molecule has 1 rings (SSSR count). The Labute approximate surface area is 111 Å². The summed E-state index contributed by atoms with van der Waals surface area (Å²) in [6, 6.07) is 11.1. The van der Waals surface area contributed by atoms with Crippen LogP contribution in [0.1, 0.15) is 18.5 Å². The van der Waals surface area contributed by atoms with Crippen molar-refractivity contribution in [3.8, 4) is 0 Å². The maximum absolute atomic E-state index is 3.85. The minimum atomic E-state index is 0. The van der Waals surface area contributed by atoms with Crippen LogP contribution in [-0.2, 0) is 0 Å². The Morgan fingerprint density at radius 2 is 1.59 bits per heavy atom. The fraction of sp³-hybridized carbons (Fsp3) is 0.333. The highest BCUT2D eigenvalue weighted by atomic mass is 35.5. The molecule has 94 valence electrons. The van der Waals surface area contributed by atoms with E-state index in [1.807, 2.05) is 12.2 Å². The second kappa shape index (κ2) is 7.31. The molecular weight excluding hydrogens is 230 g/mol. The Morgan fingerprint density at radius 1 is 1.12 bits per heavy atom. The fourth-order valence-corrected chi connectivity index (χ4v) is 2.07. The van der Waals surface area contributed by atoms with Crippen molar-refractivity contribution in [2.45, 2.75) is 13.0 Å². The molecule has 0 saturated heterocycles. The number of likely N-dealkylation sites (N-methyl/N-ethyl adjacent to an activating group) is 1. The summed E-state index contributed by atoms with van der Waals surface area (Å²) in [5.74, 6) is 0. The SMILES string of the molecule is C=CC[N+](C)(CC=C)C(C)c1ccccc1.[Cl-]. The zero-order valence-electron chi connectivity index (χ0n) is 10.8. The maximum Gasteiger partial charge on any atom is 0.112 e. The van der Waals surface area contributed by atoms with E-state index in [4.69, 9.17) is 0 Å². The van der Waals surface area contributed by atoms with Gasteiger partial charge in [-0.3, -0.25) is 0 Å². The van der Waals surface area contributed by atoms with Crippen LogP contribution in [0.3, 0.4) is 0 Å². The third kappa shape index (κ3) is 4.03. The molecule has 1 unspecified atom stereocenters. The van der Waals surface area contributed by atoms with Gasteiger partial charge in [0.05, 0.1) is 20.1 Å². The van der Waals surface area contributed by atoms with Gasteiger partial charge in [0.15, 0.2) is 0 Å². The Bertz CT molecular complexity index is 335. The van der Waals surface area contributed by atoms with Gasteiger partial charge >= 0.3 is 0 Å². The van der Waals surface area contributed by atoms with Gasteiger partial charge in [-0.2, -0.15) is 0 Å². The highest BCUT2D eigenvalue weighted by Gasteiger charge is 2.27. The third-order valence-corrected chi connectivity index (χ3v) is 3.31. The Balaban J connectivity index is 0.00000256. The Kier molecular flexibility index (Phi) is 6.86. The fourth-order valence-electron chi connectivity index (χ4n) is 2.07. The molecule has 0 aliphatic carbocycles. The number of hydrogen-bond donors (Lipinski definition) is 0. The van der Waals surface area contributed by atoms with E-state index in [1.54, 1.807) is 0 Å². The van der Waals surface area contributed by atoms with Crippen molar-refractivity contribution in [1.82, 2.24) is 0 Å². The molecule has 17 heavy (non-hydrogen) atoms. The molecule has 0 bridgehead atoms. The number of halogens is 1. The molecule has 0 heterocycles. The molecule has 1 aromatic rings. The zero-order valence-corrected chi connectivity index (χ0v) is 11.5. The summed E-state index contributed by atoms with van der Waals surface area (Å²) in [7, 11) is 2.25. The molecule has 0 aliphatic heterocycles. The van der Waals surface area contributed by atoms with Crippen molar-refractivity contribution in [2.24, 2.45) is 0 Å². The topological polar surface area (TPSA) is 0 Å². The number of rotatable bonds is 6. The summed E-state index contributed by atoms with van der Waals surface area (Å²) in [5, 5.41) is 0. The van der Waals surface area contributed by atoms with Crippen molar-refractivity contribution in [3.05, 3.63) is 61.2 Å². The van der Waals surface area contributed by atoms with Crippen molar-refractivity contribution in [3.63, 3.8) is 0 Å². The molecule has 1 atom stereocenters. The second-order valence-corrected chi connectivity index (χ2v) is 4.51. The van der Waals surface area contributed by atoms with Crippen LogP contribution < -0.4 is 12.4 Å². The molecule has 2 heteroatoms. The molecule has 0 spiro atoms. The van der Waals surface area contributed by atoms with Gasteiger partial charge in [-0.1, -0.05) is 43.5 Å². The minimum Gasteiger partial charge on any atom is -1.00 e. The van der Waals surface area contributed by atoms with E-state index in [9.17, 15) is 0 Å². The largest absolute Gasteiger partial charge is 1.00 e. The van der Waals surface area contributed by atoms with Gasteiger partial charge in [0.1, 0.15) is 6.04 Å². The van der Waals surface area contributed by atoms with E-state index < -0.39 is 0 Å². The molecule has 0 aliphatic rings. The number of hydrogen-bond acceptors (Lipinski definition) is 0. The van der Waals surface area contributed by atoms with Crippen LogP contribution >= 0.6 is 0 Å². The summed E-state index contributed by atoms with van der Waals surface area (Å²) >= 11 is 0. The third-order valence-electron chi connectivity index (χ3n) is 3.31. The van der Waals surface area contributed by atoms with Gasteiger partial charge in [-0.15, -0.1) is 0 Å². The van der Waals surface area contributed by atoms with Gasteiger partial charge in [0.25, 0.3) is 0 Å². The van der Waals surface area contributed by atoms with Crippen LogP contribution in [0.4, 0.5) is 0 Å². The predicted octanol–water partition coefficient (Wildman–Crippen LogP) is 0.570. The summed E-state index contributed by atoms with van der Waals surface area (Å²) in [5.41, 5.74) is 1.37. The molecule has 0 amide bonds. The van der Waals surface area contributed by atoms with Gasteiger partial charge < -0.3 is 16.9 Å². The van der Waals surface area contributed by atoms with E-state index in [-0.39, 0.29) is 12.4 Å². The average molecular weight is 252 g/mol. The van der Waals surface area contributed by atoms with E-state index in [0.717, 1.165) is 17.6 Å². The first-order valence-electron chi connectivity index (χ1n) is 5.75. The predicted molar refractivity (Wildman–Crippen MR) is 71.2 cm³/mol. The van der Waals surface area contributed by atoms with Crippen LogP contribution in [0.15, 0.2) is 55.6 Å². The second-order valence-electron chi connectivity index (χ2n) is 4.51. The van der Waals surface area contributed by atoms with Gasteiger partial charge in [0, 0.05) is 5.56 Å². The summed E-state index contributed by atoms with van der Waals surface area (Å²) in [6.07, 6.45) is 3.98. The van der Waals surface area contributed by atoms with Crippen molar-refractivity contribution < 1.29 is 16.9 Å².